The Morgan fingerprint density at radius 1 is 1.17 bits per heavy atom. The fourth-order valence-corrected chi connectivity index (χ4v) is 4.61. The van der Waals surface area contributed by atoms with E-state index >= 15 is 0 Å². The molecule has 2 aromatic rings. The Morgan fingerprint density at radius 2 is 1.90 bits per heavy atom. The monoisotopic (exact) mass is 435 g/mol. The molecule has 1 fully saturated rings. The summed E-state index contributed by atoms with van der Waals surface area (Å²) < 4.78 is 37.2. The van der Waals surface area contributed by atoms with E-state index < -0.39 is 27.5 Å². The molecule has 0 unspecified atom stereocenters. The van der Waals surface area contributed by atoms with Crippen molar-refractivity contribution >= 4 is 27.3 Å². The van der Waals surface area contributed by atoms with E-state index in [1.165, 1.54) is 35.7 Å². The van der Waals surface area contributed by atoms with Gasteiger partial charge in [-0.3, -0.25) is 14.9 Å². The number of hydrogen-bond acceptors (Lipinski definition) is 7. The number of nitro benzene ring substituents is 1. The first-order valence-corrected chi connectivity index (χ1v) is 10.6. The average molecular weight is 435 g/mol. The summed E-state index contributed by atoms with van der Waals surface area (Å²) >= 11 is 0. The fraction of sp³-hybridized carbons (Fsp3) is 0.316. The molecule has 1 aliphatic heterocycles. The highest BCUT2D eigenvalue weighted by Crippen LogP contribution is 2.31. The maximum atomic E-state index is 12.7. The first-order valence-electron chi connectivity index (χ1n) is 9.16. The van der Waals surface area contributed by atoms with Crippen molar-refractivity contribution in [3.05, 3.63) is 52.6 Å². The van der Waals surface area contributed by atoms with E-state index in [4.69, 9.17) is 9.47 Å². The summed E-state index contributed by atoms with van der Waals surface area (Å²) in [4.78, 5) is 22.7. The molecule has 1 heterocycles. The van der Waals surface area contributed by atoms with Crippen LogP contribution < -0.4 is 14.8 Å². The van der Waals surface area contributed by atoms with E-state index in [0.717, 1.165) is 18.9 Å². The Balaban J connectivity index is 1.67. The highest BCUT2D eigenvalue weighted by molar-refractivity contribution is 7.89. The van der Waals surface area contributed by atoms with E-state index in [1.54, 1.807) is 12.1 Å². The second-order valence-electron chi connectivity index (χ2n) is 6.57. The molecule has 3 rings (SSSR count). The van der Waals surface area contributed by atoms with E-state index in [0.29, 0.717) is 18.8 Å². The maximum absolute atomic E-state index is 12.7. The summed E-state index contributed by atoms with van der Waals surface area (Å²) in [6, 6.07) is 9.77. The number of non-ortho nitro benzene ring substituents is 1. The number of methoxy groups -OCH3 is 1. The summed E-state index contributed by atoms with van der Waals surface area (Å²) in [5.41, 5.74) is 0.0981. The number of nitrogens with one attached hydrogen (secondary N) is 1. The smallest absolute Gasteiger partial charge is 0.273 e. The molecule has 0 bridgehead atoms. The van der Waals surface area contributed by atoms with E-state index in [1.807, 2.05) is 0 Å². The third-order valence-electron chi connectivity index (χ3n) is 4.54. The summed E-state index contributed by atoms with van der Waals surface area (Å²) in [6.07, 6.45) is 1.65. The van der Waals surface area contributed by atoms with Crippen LogP contribution in [0.3, 0.4) is 0 Å². The van der Waals surface area contributed by atoms with Crippen molar-refractivity contribution in [1.82, 2.24) is 4.31 Å². The van der Waals surface area contributed by atoms with Gasteiger partial charge >= 0.3 is 0 Å². The Hall–Kier alpha value is -3.18. The minimum Gasteiger partial charge on any atom is -0.493 e. The van der Waals surface area contributed by atoms with Gasteiger partial charge in [-0.25, -0.2) is 8.42 Å². The molecule has 30 heavy (non-hydrogen) atoms. The van der Waals surface area contributed by atoms with Gasteiger partial charge in [-0.1, -0.05) is 6.07 Å². The van der Waals surface area contributed by atoms with E-state index in [2.05, 4.69) is 5.32 Å². The standard InChI is InChI=1S/C19H21N3O7S/c1-28-17-8-7-15(22(24)25)12-18(17)29-13-19(23)20-14-5-4-6-16(11-14)30(26,27)21-9-2-3-10-21/h4-8,11-12H,2-3,9-10,13H2,1H3,(H,20,23). The quantitative estimate of drug-likeness (QED) is 0.498. The van der Waals surface area contributed by atoms with Gasteiger partial charge in [-0.15, -0.1) is 0 Å². The summed E-state index contributed by atoms with van der Waals surface area (Å²) in [7, 11) is -2.23. The number of hydrogen-bond donors (Lipinski definition) is 1. The average Bonchev–Trinajstić information content (AvgIpc) is 3.28. The van der Waals surface area contributed by atoms with E-state index in [-0.39, 0.29) is 22.1 Å². The number of carbonyl (C=O) groups is 1. The van der Waals surface area contributed by atoms with Crippen LogP contribution in [0.4, 0.5) is 11.4 Å². The van der Waals surface area contributed by atoms with Crippen LogP contribution in [0.15, 0.2) is 47.4 Å². The van der Waals surface area contributed by atoms with Crippen LogP contribution >= 0.6 is 0 Å². The molecule has 0 radical (unpaired) electrons. The van der Waals surface area contributed by atoms with Gasteiger partial charge in [0.25, 0.3) is 11.6 Å². The molecule has 11 heteroatoms. The lowest BCUT2D eigenvalue weighted by Gasteiger charge is -2.16. The van der Waals surface area contributed by atoms with Gasteiger partial charge in [0.05, 0.1) is 23.0 Å². The first kappa shape index (κ1) is 21.5. The minimum atomic E-state index is -3.60. The highest BCUT2D eigenvalue weighted by Gasteiger charge is 2.27. The third-order valence-corrected chi connectivity index (χ3v) is 6.43. The lowest BCUT2D eigenvalue weighted by atomic mass is 10.3. The normalized spacial score (nSPS) is 14.3. The second kappa shape index (κ2) is 9.09. The largest absolute Gasteiger partial charge is 0.493 e. The lowest BCUT2D eigenvalue weighted by molar-refractivity contribution is -0.385. The van der Waals surface area contributed by atoms with Gasteiger partial charge in [-0.05, 0) is 37.1 Å². The van der Waals surface area contributed by atoms with Gasteiger partial charge in [0.1, 0.15) is 0 Å². The zero-order valence-electron chi connectivity index (χ0n) is 16.2. The van der Waals surface area contributed by atoms with Gasteiger partial charge in [0.2, 0.25) is 10.0 Å². The molecule has 1 saturated heterocycles. The highest BCUT2D eigenvalue weighted by atomic mass is 32.2. The summed E-state index contributed by atoms with van der Waals surface area (Å²) in [6.45, 7) is 0.524. The lowest BCUT2D eigenvalue weighted by Crippen LogP contribution is -2.28. The number of sulfonamides is 1. The van der Waals surface area contributed by atoms with Crippen molar-refractivity contribution in [2.75, 3.05) is 32.1 Å². The van der Waals surface area contributed by atoms with Crippen molar-refractivity contribution in [1.29, 1.82) is 0 Å². The van der Waals surface area contributed by atoms with Crippen LogP contribution in [0.2, 0.25) is 0 Å². The van der Waals surface area contributed by atoms with Crippen LogP contribution in [0.1, 0.15) is 12.8 Å². The van der Waals surface area contributed by atoms with Crippen molar-refractivity contribution in [2.45, 2.75) is 17.7 Å². The zero-order chi connectivity index (χ0) is 21.7. The SMILES string of the molecule is COc1ccc([N+](=O)[O-])cc1OCC(=O)Nc1cccc(S(=O)(=O)N2CCCC2)c1. The predicted molar refractivity (Wildman–Crippen MR) is 108 cm³/mol. The van der Waals surface area contributed by atoms with Gasteiger partial charge in [-0.2, -0.15) is 4.31 Å². The van der Waals surface area contributed by atoms with Gasteiger partial charge < -0.3 is 14.8 Å². The van der Waals surface area contributed by atoms with Crippen molar-refractivity contribution in [2.24, 2.45) is 0 Å². The number of nitrogens with zero attached hydrogens (tertiary/aromatic N) is 2. The summed E-state index contributed by atoms with van der Waals surface area (Å²) in [5.74, 6) is -0.265. The zero-order valence-corrected chi connectivity index (χ0v) is 17.1. The molecule has 1 N–H and O–H groups in total. The third kappa shape index (κ3) is 4.86. The maximum Gasteiger partial charge on any atom is 0.273 e. The van der Waals surface area contributed by atoms with Crippen LogP contribution in [-0.4, -0.2) is 50.4 Å². The molecule has 10 nitrogen and oxygen atoms in total. The number of amides is 1. The molecule has 0 atom stereocenters. The van der Waals surface area contributed by atoms with Crippen LogP contribution in [-0.2, 0) is 14.8 Å². The van der Waals surface area contributed by atoms with Crippen LogP contribution in [0.5, 0.6) is 11.5 Å². The summed E-state index contributed by atoms with van der Waals surface area (Å²) in [5, 5.41) is 13.5. The van der Waals surface area contributed by atoms with E-state index in [9.17, 15) is 23.3 Å². The molecule has 0 aliphatic carbocycles. The number of anilines is 1. The number of benzene rings is 2. The number of ether oxygens (including phenoxy) is 2. The Morgan fingerprint density at radius 3 is 2.57 bits per heavy atom. The molecule has 2 aromatic carbocycles. The molecule has 1 aliphatic rings. The Labute approximate surface area is 173 Å². The fourth-order valence-electron chi connectivity index (χ4n) is 3.04. The molecule has 0 aromatic heterocycles. The topological polar surface area (TPSA) is 128 Å². The molecule has 1 amide bonds. The Kier molecular flexibility index (Phi) is 6.53. The Bertz CT molecular complexity index is 1050. The van der Waals surface area contributed by atoms with Crippen molar-refractivity contribution < 1.29 is 27.6 Å². The number of nitro groups is 1. The van der Waals surface area contributed by atoms with Crippen molar-refractivity contribution in [3.8, 4) is 11.5 Å². The van der Waals surface area contributed by atoms with Crippen LogP contribution in [0, 0.1) is 10.1 Å². The molecule has 160 valence electrons. The molecule has 0 saturated carbocycles. The number of rotatable bonds is 8. The molecule has 0 spiro atoms. The van der Waals surface area contributed by atoms with Crippen LogP contribution in [0.25, 0.3) is 0 Å². The number of carbonyl (C=O) groups excluding carboxylic acids is 1. The first-order chi connectivity index (χ1) is 14.3. The minimum absolute atomic E-state index is 0.0483. The molecular weight excluding hydrogens is 414 g/mol. The van der Waals surface area contributed by atoms with Gasteiger partial charge in [0.15, 0.2) is 18.1 Å². The second-order valence-corrected chi connectivity index (χ2v) is 8.51. The predicted octanol–water partition coefficient (Wildman–Crippen LogP) is 2.41. The van der Waals surface area contributed by atoms with Crippen molar-refractivity contribution in [3.63, 3.8) is 0 Å². The molecular formula is C19H21N3O7S. The van der Waals surface area contributed by atoms with Gasteiger partial charge in [0, 0.05) is 24.8 Å².